The van der Waals surface area contributed by atoms with Gasteiger partial charge in [0.1, 0.15) is 0 Å². The topological polar surface area (TPSA) is 76.7 Å². The number of hydrogen-bond acceptors (Lipinski definition) is 4. The molecule has 2 aliphatic rings. The number of carbonyl (C=O) groups excluding carboxylic acids is 2. The number of carbonyl (C=O) groups is 2. The van der Waals surface area contributed by atoms with Crippen molar-refractivity contribution in [3.63, 3.8) is 0 Å². The fourth-order valence-electron chi connectivity index (χ4n) is 3.55. The summed E-state index contributed by atoms with van der Waals surface area (Å²) in [5.74, 6) is 0.496. The maximum atomic E-state index is 12.7. The molecular formula is C23H26N2O4. The lowest BCUT2D eigenvalue weighted by atomic mass is 9.95. The lowest BCUT2D eigenvalue weighted by molar-refractivity contribution is -0.123. The summed E-state index contributed by atoms with van der Waals surface area (Å²) in [4.78, 5) is 24.9. The second-order valence-corrected chi connectivity index (χ2v) is 8.72. The molecule has 1 spiro atoms. The van der Waals surface area contributed by atoms with E-state index >= 15 is 0 Å². The van der Waals surface area contributed by atoms with Crippen molar-refractivity contribution in [1.29, 1.82) is 0 Å². The van der Waals surface area contributed by atoms with Gasteiger partial charge in [-0.2, -0.15) is 0 Å². The highest BCUT2D eigenvalue weighted by atomic mass is 16.7. The summed E-state index contributed by atoms with van der Waals surface area (Å²) in [5, 5.41) is 5.74. The summed E-state index contributed by atoms with van der Waals surface area (Å²) in [6, 6.07) is 12.3. The average Bonchev–Trinajstić information content (AvgIpc) is 3.26. The first-order valence-corrected chi connectivity index (χ1v) is 9.99. The van der Waals surface area contributed by atoms with E-state index < -0.39 is 11.2 Å². The van der Waals surface area contributed by atoms with Gasteiger partial charge in [0.25, 0.3) is 11.7 Å². The van der Waals surface area contributed by atoms with E-state index in [2.05, 4.69) is 10.6 Å². The van der Waals surface area contributed by atoms with E-state index in [9.17, 15) is 9.59 Å². The third-order valence-electron chi connectivity index (χ3n) is 5.22. The third kappa shape index (κ3) is 4.06. The van der Waals surface area contributed by atoms with Crippen LogP contribution in [0.2, 0.25) is 0 Å². The molecule has 1 saturated carbocycles. The van der Waals surface area contributed by atoms with E-state index in [1.165, 1.54) is 0 Å². The van der Waals surface area contributed by atoms with Crippen molar-refractivity contribution in [1.82, 2.24) is 0 Å². The molecule has 0 aromatic heterocycles. The van der Waals surface area contributed by atoms with Crippen LogP contribution in [0, 0.1) is 5.41 Å². The van der Waals surface area contributed by atoms with Crippen molar-refractivity contribution in [2.75, 3.05) is 10.6 Å². The molecule has 2 amide bonds. The molecular weight excluding hydrogens is 368 g/mol. The van der Waals surface area contributed by atoms with E-state index in [1.54, 1.807) is 36.4 Å². The summed E-state index contributed by atoms with van der Waals surface area (Å²) >= 11 is 0. The maximum Gasteiger partial charge on any atom is 0.255 e. The first-order chi connectivity index (χ1) is 13.7. The standard InChI is InChI=1S/C23H26N2O4/c1-22(2,3)21(27)25-16-8-6-7-15(13-16)20(26)24-17-9-10-18-19(14-17)29-23(28-18)11-4-5-12-23/h6-10,13-14H,4-5,11-12H2,1-3H3,(H,24,26)(H,25,27). The quantitative estimate of drug-likeness (QED) is 0.771. The summed E-state index contributed by atoms with van der Waals surface area (Å²) in [7, 11) is 0. The Hall–Kier alpha value is -3.02. The van der Waals surface area contributed by atoms with Gasteiger partial charge in [0.15, 0.2) is 11.5 Å². The van der Waals surface area contributed by atoms with Crippen LogP contribution >= 0.6 is 0 Å². The van der Waals surface area contributed by atoms with Crippen molar-refractivity contribution >= 4 is 23.2 Å². The van der Waals surface area contributed by atoms with Crippen molar-refractivity contribution in [2.24, 2.45) is 5.41 Å². The van der Waals surface area contributed by atoms with Crippen LogP contribution in [0.1, 0.15) is 56.8 Å². The number of amides is 2. The van der Waals surface area contributed by atoms with E-state index in [-0.39, 0.29) is 11.8 Å². The van der Waals surface area contributed by atoms with E-state index in [4.69, 9.17) is 9.47 Å². The summed E-state index contributed by atoms with van der Waals surface area (Å²) in [5.41, 5.74) is 1.17. The molecule has 2 N–H and O–H groups in total. The Labute approximate surface area is 170 Å². The predicted octanol–water partition coefficient (Wildman–Crippen LogP) is 4.97. The minimum Gasteiger partial charge on any atom is -0.448 e. The van der Waals surface area contributed by atoms with E-state index in [0.29, 0.717) is 22.7 Å². The number of rotatable bonds is 3. The molecule has 2 aromatic rings. The highest BCUT2D eigenvalue weighted by Gasteiger charge is 2.44. The monoisotopic (exact) mass is 394 g/mol. The molecule has 1 aliphatic carbocycles. The number of anilines is 2. The van der Waals surface area contributed by atoms with Gasteiger partial charge in [-0.1, -0.05) is 26.8 Å². The molecule has 6 heteroatoms. The highest BCUT2D eigenvalue weighted by Crippen LogP contribution is 2.47. The first-order valence-electron chi connectivity index (χ1n) is 9.99. The molecule has 0 saturated heterocycles. The van der Waals surface area contributed by atoms with Crippen molar-refractivity contribution in [2.45, 2.75) is 52.2 Å². The van der Waals surface area contributed by atoms with Crippen LogP contribution in [0.25, 0.3) is 0 Å². The summed E-state index contributed by atoms with van der Waals surface area (Å²) < 4.78 is 12.1. The van der Waals surface area contributed by atoms with Crippen LogP contribution < -0.4 is 20.1 Å². The van der Waals surface area contributed by atoms with Gasteiger partial charge in [0, 0.05) is 41.3 Å². The Morgan fingerprint density at radius 1 is 0.897 bits per heavy atom. The van der Waals surface area contributed by atoms with E-state index in [1.807, 2.05) is 26.8 Å². The Morgan fingerprint density at radius 3 is 2.31 bits per heavy atom. The fraction of sp³-hybridized carbons (Fsp3) is 0.391. The number of nitrogens with one attached hydrogen (secondary N) is 2. The number of hydrogen-bond donors (Lipinski definition) is 2. The van der Waals surface area contributed by atoms with Gasteiger partial charge in [0.05, 0.1) is 0 Å². The Bertz CT molecular complexity index is 956. The SMILES string of the molecule is CC(C)(C)C(=O)Nc1cccc(C(=O)Nc2ccc3c(c2)OC2(CCCC2)O3)c1. The molecule has 0 unspecified atom stereocenters. The lowest BCUT2D eigenvalue weighted by Crippen LogP contribution is -2.34. The van der Waals surface area contributed by atoms with Crippen LogP contribution in [-0.4, -0.2) is 17.6 Å². The molecule has 1 fully saturated rings. The smallest absolute Gasteiger partial charge is 0.255 e. The zero-order valence-electron chi connectivity index (χ0n) is 17.0. The average molecular weight is 394 g/mol. The van der Waals surface area contributed by atoms with Crippen molar-refractivity contribution in [3.05, 3.63) is 48.0 Å². The van der Waals surface area contributed by atoms with Crippen LogP contribution in [0.5, 0.6) is 11.5 Å². The number of fused-ring (bicyclic) bond motifs is 1. The molecule has 6 nitrogen and oxygen atoms in total. The third-order valence-corrected chi connectivity index (χ3v) is 5.22. The Balaban J connectivity index is 1.45. The zero-order chi connectivity index (χ0) is 20.6. The second-order valence-electron chi connectivity index (χ2n) is 8.72. The van der Waals surface area contributed by atoms with Gasteiger partial charge >= 0.3 is 0 Å². The predicted molar refractivity (Wildman–Crippen MR) is 111 cm³/mol. The van der Waals surface area contributed by atoms with E-state index in [0.717, 1.165) is 31.4 Å². The highest BCUT2D eigenvalue weighted by molar-refractivity contribution is 6.05. The molecule has 1 heterocycles. The normalized spacial score (nSPS) is 16.7. The second kappa shape index (κ2) is 7.10. The summed E-state index contributed by atoms with van der Waals surface area (Å²) in [6.07, 6.45) is 3.96. The molecule has 0 radical (unpaired) electrons. The minimum atomic E-state index is -0.523. The van der Waals surface area contributed by atoms with Crippen LogP contribution in [0.15, 0.2) is 42.5 Å². The summed E-state index contributed by atoms with van der Waals surface area (Å²) in [6.45, 7) is 5.52. The molecule has 0 atom stereocenters. The first kappa shape index (κ1) is 19.3. The fourth-order valence-corrected chi connectivity index (χ4v) is 3.55. The molecule has 152 valence electrons. The largest absolute Gasteiger partial charge is 0.448 e. The Kier molecular flexibility index (Phi) is 4.73. The minimum absolute atomic E-state index is 0.105. The number of ether oxygens (including phenoxy) is 2. The maximum absolute atomic E-state index is 12.7. The Morgan fingerprint density at radius 2 is 1.59 bits per heavy atom. The molecule has 4 rings (SSSR count). The van der Waals surface area contributed by atoms with Gasteiger partial charge in [-0.25, -0.2) is 0 Å². The van der Waals surface area contributed by atoms with Gasteiger partial charge in [0.2, 0.25) is 5.91 Å². The van der Waals surface area contributed by atoms with Gasteiger partial charge < -0.3 is 20.1 Å². The molecule has 1 aliphatic heterocycles. The van der Waals surface area contributed by atoms with Crippen LogP contribution in [0.3, 0.4) is 0 Å². The molecule has 0 bridgehead atoms. The van der Waals surface area contributed by atoms with Crippen molar-refractivity contribution in [3.8, 4) is 11.5 Å². The molecule has 2 aromatic carbocycles. The van der Waals surface area contributed by atoms with Crippen molar-refractivity contribution < 1.29 is 19.1 Å². The lowest BCUT2D eigenvalue weighted by Gasteiger charge is -2.21. The van der Waals surface area contributed by atoms with Gasteiger partial charge in [-0.15, -0.1) is 0 Å². The van der Waals surface area contributed by atoms with Crippen LogP contribution in [0.4, 0.5) is 11.4 Å². The van der Waals surface area contributed by atoms with Crippen LogP contribution in [-0.2, 0) is 4.79 Å². The molecule has 29 heavy (non-hydrogen) atoms. The van der Waals surface area contributed by atoms with Gasteiger partial charge in [-0.3, -0.25) is 9.59 Å². The number of benzene rings is 2. The van der Waals surface area contributed by atoms with Gasteiger partial charge in [-0.05, 0) is 43.2 Å². The zero-order valence-corrected chi connectivity index (χ0v) is 17.0.